The van der Waals surface area contributed by atoms with Crippen molar-refractivity contribution in [2.75, 3.05) is 5.73 Å². The molecule has 0 fully saturated rings. The number of nitrogen functional groups attached to an aromatic ring is 1. The van der Waals surface area contributed by atoms with Crippen LogP contribution in [0.2, 0.25) is 0 Å². The Labute approximate surface area is 74.3 Å². The van der Waals surface area contributed by atoms with Crippen LogP contribution < -0.4 is 10.5 Å². The molecule has 1 aromatic heterocycles. The zero-order chi connectivity index (χ0) is 10.9. The zero-order valence-electron chi connectivity index (χ0n) is 6.40. The van der Waals surface area contributed by atoms with E-state index in [2.05, 4.69) is 9.72 Å². The summed E-state index contributed by atoms with van der Waals surface area (Å²) in [5.74, 6) is -5.22. The Hall–Kier alpha value is -1.60. The first kappa shape index (κ1) is 10.5. The zero-order valence-corrected chi connectivity index (χ0v) is 6.40. The summed E-state index contributed by atoms with van der Waals surface area (Å²) in [7, 11) is 0. The number of halogens is 5. The largest absolute Gasteiger partial charge is 0.573 e. The van der Waals surface area contributed by atoms with Gasteiger partial charge in [-0.1, -0.05) is 0 Å². The maximum Gasteiger partial charge on any atom is 0.573 e. The minimum atomic E-state index is -5.10. The van der Waals surface area contributed by atoms with E-state index in [9.17, 15) is 22.0 Å². The van der Waals surface area contributed by atoms with E-state index in [1.165, 1.54) is 0 Å². The first-order valence-electron chi connectivity index (χ1n) is 3.17. The molecule has 78 valence electrons. The van der Waals surface area contributed by atoms with Crippen LogP contribution in [0.1, 0.15) is 0 Å². The highest BCUT2D eigenvalue weighted by atomic mass is 19.4. The number of anilines is 1. The van der Waals surface area contributed by atoms with Gasteiger partial charge < -0.3 is 10.5 Å². The number of aromatic nitrogens is 1. The maximum atomic E-state index is 12.7. The number of pyridine rings is 1. The minimum absolute atomic E-state index is 0.136. The van der Waals surface area contributed by atoms with Crippen LogP contribution in [-0.4, -0.2) is 11.3 Å². The quantitative estimate of drug-likeness (QED) is 0.573. The van der Waals surface area contributed by atoms with Gasteiger partial charge in [0.2, 0.25) is 11.7 Å². The van der Waals surface area contributed by atoms with Crippen molar-refractivity contribution in [3.63, 3.8) is 0 Å². The van der Waals surface area contributed by atoms with Gasteiger partial charge in [-0.05, 0) is 0 Å². The number of nitrogens with zero attached hydrogens (tertiary/aromatic N) is 1. The minimum Gasteiger partial charge on any atom is -0.399 e. The molecular weight excluding hydrogens is 211 g/mol. The maximum absolute atomic E-state index is 12.7. The van der Waals surface area contributed by atoms with E-state index in [-0.39, 0.29) is 6.07 Å². The molecule has 0 bridgehead atoms. The van der Waals surface area contributed by atoms with Gasteiger partial charge in [-0.25, -0.2) is 4.39 Å². The highest BCUT2D eigenvalue weighted by Gasteiger charge is 2.34. The standard InChI is InChI=1S/C6H3F5N2O/c7-2-1-3(8)13-5(12)4(2)14-6(9,10)11/h1H,(H2,12,13). The lowest BCUT2D eigenvalue weighted by atomic mass is 10.4. The van der Waals surface area contributed by atoms with Crippen molar-refractivity contribution in [2.24, 2.45) is 0 Å². The van der Waals surface area contributed by atoms with E-state index < -0.39 is 29.7 Å². The van der Waals surface area contributed by atoms with Gasteiger partial charge in [-0.3, -0.25) is 0 Å². The average Bonchev–Trinajstić information content (AvgIpc) is 1.95. The summed E-state index contributed by atoms with van der Waals surface area (Å²) in [6, 6.07) is 0.136. The van der Waals surface area contributed by atoms with E-state index in [1.807, 2.05) is 0 Å². The fourth-order valence-electron chi connectivity index (χ4n) is 0.707. The van der Waals surface area contributed by atoms with Crippen molar-refractivity contribution in [3.05, 3.63) is 17.8 Å². The van der Waals surface area contributed by atoms with Crippen LogP contribution in [-0.2, 0) is 0 Å². The van der Waals surface area contributed by atoms with Gasteiger partial charge in [-0.2, -0.15) is 9.37 Å². The molecule has 0 aromatic carbocycles. The lowest BCUT2D eigenvalue weighted by Crippen LogP contribution is -2.19. The molecule has 0 aliphatic heterocycles. The molecule has 0 aliphatic rings. The molecule has 0 unspecified atom stereocenters. The van der Waals surface area contributed by atoms with Gasteiger partial charge >= 0.3 is 6.36 Å². The third-order valence-electron chi connectivity index (χ3n) is 1.14. The molecular formula is C6H3F5N2O. The van der Waals surface area contributed by atoms with Crippen LogP contribution in [0.3, 0.4) is 0 Å². The molecule has 1 aromatic rings. The Morgan fingerprint density at radius 1 is 1.29 bits per heavy atom. The first-order valence-corrected chi connectivity index (χ1v) is 3.17. The van der Waals surface area contributed by atoms with Gasteiger partial charge in [-0.15, -0.1) is 13.2 Å². The van der Waals surface area contributed by atoms with Gasteiger partial charge in [0.05, 0.1) is 0 Å². The monoisotopic (exact) mass is 214 g/mol. The number of hydrogen-bond acceptors (Lipinski definition) is 3. The number of rotatable bonds is 1. The van der Waals surface area contributed by atoms with Crippen LogP contribution >= 0.6 is 0 Å². The fourth-order valence-corrected chi connectivity index (χ4v) is 0.707. The van der Waals surface area contributed by atoms with Crippen molar-refractivity contribution in [1.29, 1.82) is 0 Å². The molecule has 0 aliphatic carbocycles. The van der Waals surface area contributed by atoms with Crippen molar-refractivity contribution in [2.45, 2.75) is 6.36 Å². The van der Waals surface area contributed by atoms with Crippen molar-refractivity contribution in [3.8, 4) is 5.75 Å². The Balaban J connectivity index is 3.09. The molecule has 14 heavy (non-hydrogen) atoms. The summed E-state index contributed by atoms with van der Waals surface area (Å²) in [6.45, 7) is 0. The second-order valence-electron chi connectivity index (χ2n) is 2.19. The van der Waals surface area contributed by atoms with Crippen LogP contribution in [0.25, 0.3) is 0 Å². The average molecular weight is 214 g/mol. The SMILES string of the molecule is Nc1nc(F)cc(F)c1OC(F)(F)F. The third kappa shape index (κ3) is 2.44. The lowest BCUT2D eigenvalue weighted by molar-refractivity contribution is -0.275. The highest BCUT2D eigenvalue weighted by molar-refractivity contribution is 5.46. The molecule has 2 N–H and O–H groups in total. The number of alkyl halides is 3. The van der Waals surface area contributed by atoms with Crippen molar-refractivity contribution in [1.82, 2.24) is 4.98 Å². The molecule has 1 heterocycles. The van der Waals surface area contributed by atoms with Gasteiger partial charge in [0.1, 0.15) is 0 Å². The van der Waals surface area contributed by atoms with Crippen LogP contribution in [0, 0.1) is 11.8 Å². The predicted molar refractivity (Wildman–Crippen MR) is 35.2 cm³/mol. The third-order valence-corrected chi connectivity index (χ3v) is 1.14. The molecule has 0 atom stereocenters. The molecule has 0 radical (unpaired) electrons. The molecule has 8 heteroatoms. The smallest absolute Gasteiger partial charge is 0.399 e. The molecule has 1 rings (SSSR count). The van der Waals surface area contributed by atoms with E-state index in [4.69, 9.17) is 5.73 Å². The van der Waals surface area contributed by atoms with E-state index in [0.717, 1.165) is 0 Å². The molecule has 3 nitrogen and oxygen atoms in total. The number of ether oxygens (including phenoxy) is 1. The molecule has 0 amide bonds. The normalized spacial score (nSPS) is 11.5. The Morgan fingerprint density at radius 3 is 2.29 bits per heavy atom. The lowest BCUT2D eigenvalue weighted by Gasteiger charge is -2.10. The summed E-state index contributed by atoms with van der Waals surface area (Å²) >= 11 is 0. The van der Waals surface area contributed by atoms with E-state index >= 15 is 0 Å². The van der Waals surface area contributed by atoms with Crippen LogP contribution in [0.15, 0.2) is 6.07 Å². The van der Waals surface area contributed by atoms with Gasteiger partial charge in [0.25, 0.3) is 0 Å². The van der Waals surface area contributed by atoms with Crippen molar-refractivity contribution >= 4 is 5.82 Å². The Morgan fingerprint density at radius 2 is 1.86 bits per heavy atom. The van der Waals surface area contributed by atoms with E-state index in [1.54, 1.807) is 0 Å². The molecule has 0 saturated carbocycles. The second kappa shape index (κ2) is 3.28. The first-order chi connectivity index (χ1) is 6.29. The van der Waals surface area contributed by atoms with E-state index in [0.29, 0.717) is 0 Å². The fraction of sp³-hybridized carbons (Fsp3) is 0.167. The second-order valence-corrected chi connectivity index (χ2v) is 2.19. The molecule has 0 spiro atoms. The topological polar surface area (TPSA) is 48.1 Å². The van der Waals surface area contributed by atoms with Crippen LogP contribution in [0.4, 0.5) is 27.8 Å². The Kier molecular flexibility index (Phi) is 2.45. The summed E-state index contributed by atoms with van der Waals surface area (Å²) in [6.07, 6.45) is -5.10. The summed E-state index contributed by atoms with van der Waals surface area (Å²) in [5.41, 5.74) is 4.81. The van der Waals surface area contributed by atoms with Crippen molar-refractivity contribution < 1.29 is 26.7 Å². The summed E-state index contributed by atoms with van der Waals surface area (Å²) in [4.78, 5) is 2.76. The Bertz CT molecular complexity index is 328. The number of hydrogen-bond donors (Lipinski definition) is 1. The van der Waals surface area contributed by atoms with Gasteiger partial charge in [0, 0.05) is 6.07 Å². The van der Waals surface area contributed by atoms with Crippen LogP contribution in [0.5, 0.6) is 5.75 Å². The van der Waals surface area contributed by atoms with Gasteiger partial charge in [0.15, 0.2) is 11.6 Å². The molecule has 0 saturated heterocycles. The highest BCUT2D eigenvalue weighted by Crippen LogP contribution is 2.29. The number of nitrogens with two attached hydrogens (primary N) is 1. The predicted octanol–water partition coefficient (Wildman–Crippen LogP) is 1.84. The summed E-state index contributed by atoms with van der Waals surface area (Å²) < 4.78 is 63.0. The summed E-state index contributed by atoms with van der Waals surface area (Å²) in [5, 5.41) is 0.